The van der Waals surface area contributed by atoms with Gasteiger partial charge in [0.2, 0.25) is 0 Å². The van der Waals surface area contributed by atoms with Gasteiger partial charge in [-0.1, -0.05) is 18.2 Å². The summed E-state index contributed by atoms with van der Waals surface area (Å²) in [7, 11) is 1.92. The molecule has 2 rings (SSSR count). The quantitative estimate of drug-likeness (QED) is 0.523. The van der Waals surface area contributed by atoms with Crippen molar-refractivity contribution < 1.29 is 30.0 Å². The molecule has 0 saturated carbocycles. The van der Waals surface area contributed by atoms with E-state index < -0.39 is 11.9 Å². The van der Waals surface area contributed by atoms with Crippen molar-refractivity contribution in [1.29, 1.82) is 0 Å². The van der Waals surface area contributed by atoms with Gasteiger partial charge in [-0.15, -0.1) is 12.4 Å². The minimum absolute atomic E-state index is 0. The second-order valence-corrected chi connectivity index (χ2v) is 4.91. The number of carbonyl (C=O) groups is 2. The summed E-state index contributed by atoms with van der Waals surface area (Å²) >= 11 is 0. The van der Waals surface area contributed by atoms with Crippen LogP contribution in [0.15, 0.2) is 30.3 Å². The Bertz CT molecular complexity index is 670. The van der Waals surface area contributed by atoms with E-state index in [4.69, 9.17) is 19.8 Å². The number of phenols is 2. The van der Waals surface area contributed by atoms with E-state index in [9.17, 15) is 10.2 Å². The molecule has 0 aliphatic heterocycles. The third-order valence-electron chi connectivity index (χ3n) is 2.66. The van der Waals surface area contributed by atoms with Crippen LogP contribution in [0.1, 0.15) is 19.4 Å². The third kappa shape index (κ3) is 11.6. The molecule has 2 aromatic carbocycles. The summed E-state index contributed by atoms with van der Waals surface area (Å²) in [6, 6.07) is 9.20. The van der Waals surface area contributed by atoms with Crippen LogP contribution in [0.3, 0.4) is 0 Å². The first-order valence-corrected chi connectivity index (χ1v) is 7.15. The molecule has 0 unspecified atom stereocenters. The third-order valence-corrected chi connectivity index (χ3v) is 2.66. The summed E-state index contributed by atoms with van der Waals surface area (Å²) in [4.78, 5) is 18.0. The molecule has 0 aromatic heterocycles. The van der Waals surface area contributed by atoms with Gasteiger partial charge in [-0.3, -0.25) is 9.59 Å². The van der Waals surface area contributed by atoms with Crippen molar-refractivity contribution in [1.82, 2.24) is 5.32 Å². The van der Waals surface area contributed by atoms with Crippen LogP contribution < -0.4 is 5.32 Å². The van der Waals surface area contributed by atoms with Crippen LogP contribution in [-0.4, -0.2) is 46.0 Å². The SMILES string of the molecule is CC(=O)O.CC(=O)O.CNCCc1ccc2cc(O)c(O)cc2c1.Cl. The Labute approximate surface area is 152 Å². The number of nitrogens with one attached hydrogen (secondary N) is 1. The minimum atomic E-state index is -0.833. The zero-order chi connectivity index (χ0) is 18.7. The van der Waals surface area contributed by atoms with Crippen molar-refractivity contribution >= 4 is 35.1 Å². The standard InChI is InChI=1S/C13H15NO2.2C2H4O2.ClH/c1-14-5-4-9-2-3-10-7-12(15)13(16)8-11(10)6-9;2*1-2(3)4;/h2-3,6-8,14-16H,4-5H2,1H3;2*1H3,(H,3,4);1H. The summed E-state index contributed by atoms with van der Waals surface area (Å²) in [5, 5.41) is 38.6. The summed E-state index contributed by atoms with van der Waals surface area (Å²) < 4.78 is 0. The Morgan fingerprint density at radius 3 is 1.80 bits per heavy atom. The molecule has 25 heavy (non-hydrogen) atoms. The van der Waals surface area contributed by atoms with Crippen LogP contribution in [0.25, 0.3) is 10.8 Å². The van der Waals surface area contributed by atoms with Crippen LogP contribution >= 0.6 is 12.4 Å². The number of rotatable bonds is 3. The number of aliphatic carboxylic acids is 2. The van der Waals surface area contributed by atoms with E-state index >= 15 is 0 Å². The van der Waals surface area contributed by atoms with Gasteiger partial charge in [-0.2, -0.15) is 0 Å². The number of phenolic OH excluding ortho intramolecular Hbond substituents is 2. The van der Waals surface area contributed by atoms with Gasteiger partial charge in [0.25, 0.3) is 11.9 Å². The van der Waals surface area contributed by atoms with E-state index in [0.29, 0.717) is 0 Å². The Kier molecular flexibility index (Phi) is 12.7. The van der Waals surface area contributed by atoms with Crippen molar-refractivity contribution in [3.05, 3.63) is 35.9 Å². The lowest BCUT2D eigenvalue weighted by atomic mass is 10.0. The van der Waals surface area contributed by atoms with Crippen LogP contribution in [-0.2, 0) is 16.0 Å². The highest BCUT2D eigenvalue weighted by Crippen LogP contribution is 2.30. The highest BCUT2D eigenvalue weighted by atomic mass is 35.5. The molecule has 0 bridgehead atoms. The highest BCUT2D eigenvalue weighted by Gasteiger charge is 2.02. The first-order valence-electron chi connectivity index (χ1n) is 7.15. The normalized spacial score (nSPS) is 8.92. The molecule has 0 atom stereocenters. The van der Waals surface area contributed by atoms with Gasteiger partial charge in [0.05, 0.1) is 0 Å². The number of likely N-dealkylation sites (N-methyl/N-ethyl adjacent to an activating group) is 1. The van der Waals surface area contributed by atoms with Gasteiger partial charge < -0.3 is 25.7 Å². The predicted octanol–water partition coefficient (Wildman–Crippen LogP) is 2.62. The summed E-state index contributed by atoms with van der Waals surface area (Å²) in [6.45, 7) is 3.09. The lowest BCUT2D eigenvalue weighted by molar-refractivity contribution is -0.135. The maximum Gasteiger partial charge on any atom is 0.300 e. The largest absolute Gasteiger partial charge is 0.504 e. The lowest BCUT2D eigenvalue weighted by Crippen LogP contribution is -2.10. The van der Waals surface area contributed by atoms with Crippen molar-refractivity contribution in [3.63, 3.8) is 0 Å². The van der Waals surface area contributed by atoms with E-state index in [2.05, 4.69) is 5.32 Å². The zero-order valence-corrected chi connectivity index (χ0v) is 15.1. The maximum atomic E-state index is 9.42. The molecule has 0 heterocycles. The smallest absolute Gasteiger partial charge is 0.300 e. The average molecular weight is 374 g/mol. The second kappa shape index (κ2) is 12.9. The van der Waals surface area contributed by atoms with Crippen molar-refractivity contribution in [2.75, 3.05) is 13.6 Å². The molecule has 0 saturated heterocycles. The van der Waals surface area contributed by atoms with E-state index in [1.165, 1.54) is 5.56 Å². The fourth-order valence-electron chi connectivity index (χ4n) is 1.75. The number of carboxylic acid groups (broad SMARTS) is 2. The minimum Gasteiger partial charge on any atom is -0.504 e. The average Bonchev–Trinajstić information content (AvgIpc) is 2.45. The fraction of sp³-hybridized carbons (Fsp3) is 0.294. The summed E-state index contributed by atoms with van der Waals surface area (Å²) in [6.07, 6.45) is 0.952. The number of hydrogen-bond acceptors (Lipinski definition) is 5. The molecule has 0 aliphatic carbocycles. The monoisotopic (exact) mass is 373 g/mol. The Morgan fingerprint density at radius 1 is 0.920 bits per heavy atom. The first kappa shape index (κ1) is 24.7. The molecule has 0 fully saturated rings. The molecule has 140 valence electrons. The first-order chi connectivity index (χ1) is 11.2. The molecule has 0 radical (unpaired) electrons. The maximum absolute atomic E-state index is 9.42. The number of aromatic hydroxyl groups is 2. The number of hydrogen-bond donors (Lipinski definition) is 5. The molecule has 0 aliphatic rings. The van der Waals surface area contributed by atoms with Gasteiger partial charge >= 0.3 is 0 Å². The molecule has 5 N–H and O–H groups in total. The molecule has 0 amide bonds. The van der Waals surface area contributed by atoms with Crippen LogP contribution in [0.5, 0.6) is 11.5 Å². The van der Waals surface area contributed by atoms with Gasteiger partial charge in [0, 0.05) is 13.8 Å². The molecular weight excluding hydrogens is 350 g/mol. The van der Waals surface area contributed by atoms with Gasteiger partial charge in [0.1, 0.15) is 0 Å². The molecule has 2 aromatic rings. The van der Waals surface area contributed by atoms with E-state index in [1.54, 1.807) is 12.1 Å². The Balaban J connectivity index is 0. The van der Waals surface area contributed by atoms with Gasteiger partial charge in [-0.05, 0) is 48.5 Å². The topological polar surface area (TPSA) is 127 Å². The van der Waals surface area contributed by atoms with Gasteiger partial charge in [-0.25, -0.2) is 0 Å². The predicted molar refractivity (Wildman–Crippen MR) is 98.8 cm³/mol. The molecule has 0 spiro atoms. The van der Waals surface area contributed by atoms with E-state index in [0.717, 1.165) is 37.6 Å². The number of carboxylic acids is 2. The Morgan fingerprint density at radius 2 is 1.36 bits per heavy atom. The molecule has 8 heteroatoms. The summed E-state index contributed by atoms with van der Waals surface area (Å²) in [5.74, 6) is -1.81. The van der Waals surface area contributed by atoms with Crippen molar-refractivity contribution in [3.8, 4) is 11.5 Å². The van der Waals surface area contributed by atoms with E-state index in [-0.39, 0.29) is 23.9 Å². The van der Waals surface area contributed by atoms with E-state index in [1.807, 2.05) is 25.2 Å². The number of halogens is 1. The molecule has 7 nitrogen and oxygen atoms in total. The Hall–Kier alpha value is -2.51. The number of fused-ring (bicyclic) bond motifs is 1. The summed E-state index contributed by atoms with van der Waals surface area (Å²) in [5.41, 5.74) is 1.21. The van der Waals surface area contributed by atoms with Crippen LogP contribution in [0, 0.1) is 0 Å². The van der Waals surface area contributed by atoms with Crippen LogP contribution in [0.2, 0.25) is 0 Å². The number of benzene rings is 2. The fourth-order valence-corrected chi connectivity index (χ4v) is 1.75. The highest BCUT2D eigenvalue weighted by molar-refractivity contribution is 5.86. The van der Waals surface area contributed by atoms with Crippen molar-refractivity contribution in [2.24, 2.45) is 0 Å². The van der Waals surface area contributed by atoms with Gasteiger partial charge in [0.15, 0.2) is 11.5 Å². The zero-order valence-electron chi connectivity index (χ0n) is 14.3. The van der Waals surface area contributed by atoms with Crippen molar-refractivity contribution in [2.45, 2.75) is 20.3 Å². The molecular formula is C17H24ClNO6. The second-order valence-electron chi connectivity index (χ2n) is 4.91. The lowest BCUT2D eigenvalue weighted by Gasteiger charge is -2.05. The van der Waals surface area contributed by atoms with Crippen LogP contribution in [0.4, 0.5) is 0 Å².